The van der Waals surface area contributed by atoms with Gasteiger partial charge in [-0.2, -0.15) is 8.78 Å². The third-order valence-electron chi connectivity index (χ3n) is 5.76. The minimum Gasteiger partial charge on any atom is -0.768 e. The van der Waals surface area contributed by atoms with Crippen LogP contribution >= 0.6 is 15.9 Å². The van der Waals surface area contributed by atoms with Gasteiger partial charge in [0.25, 0.3) is 0 Å². The van der Waals surface area contributed by atoms with Crippen LogP contribution in [-0.4, -0.2) is 53.4 Å². The number of fused-ring (bicyclic) bond motifs is 2. The van der Waals surface area contributed by atoms with E-state index in [2.05, 4.69) is 20.9 Å². The zero-order chi connectivity index (χ0) is 22.4. The van der Waals surface area contributed by atoms with Crippen LogP contribution in [0.2, 0.25) is 0 Å². The maximum Gasteiger partial charge on any atom is 0.349 e. The maximum absolute atomic E-state index is 15.2. The van der Waals surface area contributed by atoms with Gasteiger partial charge in [0.1, 0.15) is 5.75 Å². The van der Waals surface area contributed by atoms with Gasteiger partial charge in [0.05, 0.1) is 23.9 Å². The Kier molecular flexibility index (Phi) is 5.78. The lowest BCUT2D eigenvalue weighted by Gasteiger charge is -2.47. The lowest BCUT2D eigenvalue weighted by molar-refractivity contribution is -0.168. The van der Waals surface area contributed by atoms with Crippen LogP contribution in [0.5, 0.6) is 11.6 Å². The van der Waals surface area contributed by atoms with Crippen LogP contribution in [0.25, 0.3) is 0 Å². The van der Waals surface area contributed by atoms with Crippen molar-refractivity contribution in [3.63, 3.8) is 0 Å². The fraction of sp³-hybridized carbons (Fsp3) is 0.400. The largest absolute Gasteiger partial charge is 0.768 e. The van der Waals surface area contributed by atoms with Crippen LogP contribution in [0.1, 0.15) is 12.0 Å². The van der Waals surface area contributed by atoms with E-state index < -0.39 is 45.1 Å². The van der Waals surface area contributed by atoms with Crippen molar-refractivity contribution < 1.29 is 31.8 Å². The van der Waals surface area contributed by atoms with Crippen molar-refractivity contribution in [1.29, 1.82) is 0 Å². The first-order chi connectivity index (χ1) is 14.7. The van der Waals surface area contributed by atoms with E-state index in [4.69, 9.17) is 9.47 Å². The summed E-state index contributed by atoms with van der Waals surface area (Å²) in [7, 11) is 1.52. The van der Waals surface area contributed by atoms with Gasteiger partial charge in [0, 0.05) is 36.3 Å². The second kappa shape index (κ2) is 8.10. The summed E-state index contributed by atoms with van der Waals surface area (Å²) in [6.45, 7) is 0.0149. The molecule has 2 heterocycles. The molecule has 31 heavy (non-hydrogen) atoms. The van der Waals surface area contributed by atoms with Gasteiger partial charge in [-0.3, -0.25) is 9.00 Å². The van der Waals surface area contributed by atoms with Gasteiger partial charge in [-0.15, -0.1) is 0 Å². The van der Waals surface area contributed by atoms with Crippen LogP contribution in [0.15, 0.2) is 48.7 Å². The predicted molar refractivity (Wildman–Crippen MR) is 110 cm³/mol. The Labute approximate surface area is 188 Å². The fourth-order valence-electron chi connectivity index (χ4n) is 4.33. The van der Waals surface area contributed by atoms with Crippen LogP contribution in [-0.2, 0) is 22.4 Å². The smallest absolute Gasteiger partial charge is 0.349 e. The van der Waals surface area contributed by atoms with Crippen LogP contribution in [0, 0.1) is 5.92 Å². The Bertz CT molecular complexity index is 997. The molecule has 2 aromatic rings. The predicted octanol–water partition coefficient (Wildman–Crippen LogP) is 2.87. The number of hydrogen-bond donors (Lipinski definition) is 0. The van der Waals surface area contributed by atoms with Gasteiger partial charge in [0.2, 0.25) is 17.4 Å². The number of alkyl halides is 3. The molecule has 1 aromatic heterocycles. The van der Waals surface area contributed by atoms with E-state index >= 15 is 8.78 Å². The number of aromatic nitrogens is 1. The highest BCUT2D eigenvalue weighted by Crippen LogP contribution is 2.57. The zero-order valence-corrected chi connectivity index (χ0v) is 18.6. The molecule has 166 valence electrons. The van der Waals surface area contributed by atoms with Crippen LogP contribution in [0.3, 0.4) is 0 Å². The minimum absolute atomic E-state index is 0.0149. The summed E-state index contributed by atoms with van der Waals surface area (Å²) in [6.07, 6.45) is 0.900. The molecule has 1 aromatic carbocycles. The van der Waals surface area contributed by atoms with Crippen molar-refractivity contribution in [3.8, 4) is 11.6 Å². The van der Waals surface area contributed by atoms with Crippen molar-refractivity contribution in [1.82, 2.24) is 9.88 Å². The maximum atomic E-state index is 15.2. The molecule has 11 heteroatoms. The SMILES string of the molecule is COc1ccc(CN2C(=O)C3CC(Oc4ccccn4)(C(F)(F)S(=O)[O-])C2C3Br)cc1. The first-order valence-electron chi connectivity index (χ1n) is 9.36. The number of pyridine rings is 1. The summed E-state index contributed by atoms with van der Waals surface area (Å²) < 4.78 is 64.4. The first kappa shape index (κ1) is 22.1. The summed E-state index contributed by atoms with van der Waals surface area (Å²) in [5.74, 6) is -0.731. The van der Waals surface area contributed by atoms with Crippen LogP contribution < -0.4 is 9.47 Å². The number of halogens is 3. The number of methoxy groups -OCH3 is 1. The summed E-state index contributed by atoms with van der Waals surface area (Å²) >= 11 is -0.422. The number of nitrogens with zero attached hydrogens (tertiary/aromatic N) is 2. The van der Waals surface area contributed by atoms with Crippen molar-refractivity contribution in [2.45, 2.75) is 34.7 Å². The fourth-order valence-corrected chi connectivity index (χ4v) is 5.98. The topological polar surface area (TPSA) is 91.8 Å². The molecule has 2 aliphatic rings. The van der Waals surface area contributed by atoms with Crippen LogP contribution in [0.4, 0.5) is 8.78 Å². The molecule has 2 bridgehead atoms. The van der Waals surface area contributed by atoms with Crippen molar-refractivity contribution in [3.05, 3.63) is 54.2 Å². The molecule has 1 saturated heterocycles. The molecule has 7 nitrogen and oxygen atoms in total. The number of carbonyl (C=O) groups is 1. The quantitative estimate of drug-likeness (QED) is 0.415. The molecule has 0 radical (unpaired) electrons. The lowest BCUT2D eigenvalue weighted by atomic mass is 9.91. The molecule has 5 unspecified atom stereocenters. The molecule has 2 fully saturated rings. The number of amides is 1. The summed E-state index contributed by atoms with van der Waals surface area (Å²) in [5.41, 5.74) is -1.81. The van der Waals surface area contributed by atoms with E-state index in [9.17, 15) is 13.6 Å². The third kappa shape index (κ3) is 3.52. The second-order valence-electron chi connectivity index (χ2n) is 7.43. The number of hydrogen-bond acceptors (Lipinski definition) is 6. The Morgan fingerprint density at radius 3 is 2.58 bits per heavy atom. The lowest BCUT2D eigenvalue weighted by Crippen LogP contribution is -2.67. The third-order valence-corrected chi connectivity index (χ3v) is 7.66. The zero-order valence-electron chi connectivity index (χ0n) is 16.2. The highest BCUT2D eigenvalue weighted by Gasteiger charge is 2.75. The van der Waals surface area contributed by atoms with Crippen molar-refractivity contribution in [2.24, 2.45) is 5.92 Å². The van der Waals surface area contributed by atoms with Gasteiger partial charge < -0.3 is 18.9 Å². The molecule has 0 spiro atoms. The number of rotatable bonds is 7. The molecule has 1 aliphatic carbocycles. The van der Waals surface area contributed by atoms with E-state index in [1.807, 2.05) is 0 Å². The van der Waals surface area contributed by atoms with E-state index in [0.29, 0.717) is 11.3 Å². The Hall–Kier alpha value is -2.11. The van der Waals surface area contributed by atoms with Gasteiger partial charge in [-0.1, -0.05) is 34.1 Å². The second-order valence-corrected chi connectivity index (χ2v) is 9.46. The van der Waals surface area contributed by atoms with Crippen molar-refractivity contribution >= 4 is 32.9 Å². The van der Waals surface area contributed by atoms with E-state index in [0.717, 1.165) is 0 Å². The molecule has 5 atom stereocenters. The summed E-state index contributed by atoms with van der Waals surface area (Å²) in [5, 5.41) is -4.27. The molecule has 1 saturated carbocycles. The molecule has 4 rings (SSSR count). The average Bonchev–Trinajstić information content (AvgIpc) is 3.17. The molecular weight excluding hydrogens is 498 g/mol. The molecule has 1 aliphatic heterocycles. The van der Waals surface area contributed by atoms with E-state index in [-0.39, 0.29) is 18.3 Å². The average molecular weight is 516 g/mol. The van der Waals surface area contributed by atoms with Gasteiger partial charge in [0.15, 0.2) is 0 Å². The van der Waals surface area contributed by atoms with Gasteiger partial charge >= 0.3 is 5.25 Å². The van der Waals surface area contributed by atoms with Crippen molar-refractivity contribution in [2.75, 3.05) is 7.11 Å². The Morgan fingerprint density at radius 2 is 2.03 bits per heavy atom. The number of ether oxygens (including phenoxy) is 2. The number of benzene rings is 1. The molecular formula is C20H18BrF2N2O5S-. The minimum atomic E-state index is -4.27. The normalized spacial score (nSPS) is 28.6. The standard InChI is InChI=1S/C20H19BrF2N2O5S/c1-29-13-7-5-12(6-8-13)11-25-17-16(21)14(18(25)26)10-19(17,20(22,23)31(27)28)30-15-4-2-3-9-24-15/h2-9,14,16-17H,10-11H2,1H3,(H,27,28)/p-1. The highest BCUT2D eigenvalue weighted by molar-refractivity contribution is 9.09. The number of carbonyl (C=O) groups excluding carboxylic acids is 1. The monoisotopic (exact) mass is 515 g/mol. The summed E-state index contributed by atoms with van der Waals surface area (Å²) in [6, 6.07) is 10.1. The first-order valence-corrected chi connectivity index (χ1v) is 11.3. The number of piperidine rings is 1. The summed E-state index contributed by atoms with van der Waals surface area (Å²) in [4.78, 5) is 17.4. The van der Waals surface area contributed by atoms with Gasteiger partial charge in [-0.05, 0) is 23.8 Å². The Balaban J connectivity index is 1.75. The highest BCUT2D eigenvalue weighted by atomic mass is 79.9. The van der Waals surface area contributed by atoms with E-state index in [1.54, 1.807) is 36.4 Å². The van der Waals surface area contributed by atoms with E-state index in [1.165, 1.54) is 24.3 Å². The number of likely N-dealkylation sites (tertiary alicyclic amines) is 1. The van der Waals surface area contributed by atoms with Gasteiger partial charge in [-0.25, -0.2) is 4.98 Å². The molecule has 1 amide bonds. The molecule has 0 N–H and O–H groups in total. The Morgan fingerprint density at radius 1 is 1.32 bits per heavy atom.